The molecule has 30 heavy (non-hydrogen) atoms. The average Bonchev–Trinajstić information content (AvgIpc) is 3.26. The largest absolute Gasteiger partial charge is 0.367 e. The molecule has 0 saturated heterocycles. The third-order valence-corrected chi connectivity index (χ3v) is 5.80. The fraction of sp³-hybridized carbons (Fsp3) is 0.174. The van der Waals surface area contributed by atoms with Crippen molar-refractivity contribution in [3.8, 4) is 6.07 Å². The predicted octanol–water partition coefficient (Wildman–Crippen LogP) is 4.13. The van der Waals surface area contributed by atoms with Gasteiger partial charge < -0.3 is 10.2 Å². The van der Waals surface area contributed by atoms with Gasteiger partial charge in [0.05, 0.1) is 29.9 Å². The molecule has 0 saturated carbocycles. The molecule has 0 fully saturated rings. The number of hydrogen-bond donors (Lipinski definition) is 1. The molecule has 0 bridgehead atoms. The molecule has 1 N–H and O–H groups in total. The number of nitriles is 1. The van der Waals surface area contributed by atoms with Crippen LogP contribution in [0, 0.1) is 11.3 Å². The van der Waals surface area contributed by atoms with E-state index >= 15 is 0 Å². The summed E-state index contributed by atoms with van der Waals surface area (Å²) in [6.07, 6.45) is 0. The van der Waals surface area contributed by atoms with Crippen LogP contribution in [0.2, 0.25) is 0 Å². The Kier molecular flexibility index (Phi) is 6.88. The van der Waals surface area contributed by atoms with Gasteiger partial charge in [0.1, 0.15) is 0 Å². The van der Waals surface area contributed by atoms with E-state index in [1.165, 1.54) is 0 Å². The number of hydrogen-bond acceptors (Lipinski definition) is 5. The summed E-state index contributed by atoms with van der Waals surface area (Å²) in [5.41, 5.74) is 5.41. The maximum absolute atomic E-state index is 12.5. The molecule has 0 radical (unpaired) electrons. The second-order valence-corrected chi connectivity index (χ2v) is 7.66. The third-order valence-electron chi connectivity index (χ3n) is 5.12. The van der Waals surface area contributed by atoms with Gasteiger partial charge >= 0.3 is 0 Å². The lowest BCUT2D eigenvalue weighted by Crippen LogP contribution is -2.43. The van der Waals surface area contributed by atoms with Crippen LogP contribution >= 0.6 is 23.7 Å². The van der Waals surface area contributed by atoms with E-state index in [9.17, 15) is 4.79 Å². The Morgan fingerprint density at radius 1 is 1.23 bits per heavy atom. The zero-order chi connectivity index (χ0) is 20.2. The Morgan fingerprint density at radius 2 is 2.00 bits per heavy atom. The number of carbonyl (C=O) groups excluding carboxylic acids is 1. The Morgan fingerprint density at radius 3 is 2.70 bits per heavy atom. The number of fused-ring (bicyclic) bond motifs is 1. The Hall–Kier alpha value is -3.14. The molecule has 1 aliphatic rings. The number of carbonyl (C=O) groups is 1. The summed E-state index contributed by atoms with van der Waals surface area (Å²) in [5, 5.41) is 16.1. The first-order chi connectivity index (χ1) is 14.2. The van der Waals surface area contributed by atoms with Gasteiger partial charge in [-0.1, -0.05) is 18.2 Å². The highest BCUT2D eigenvalue weighted by molar-refractivity contribution is 7.08. The van der Waals surface area contributed by atoms with Crippen molar-refractivity contribution in [2.75, 3.05) is 25.0 Å². The van der Waals surface area contributed by atoms with Crippen molar-refractivity contribution in [2.45, 2.75) is 6.04 Å². The highest BCUT2D eigenvalue weighted by atomic mass is 35.5. The normalized spacial score (nSPS) is 15.1. The highest BCUT2D eigenvalue weighted by Crippen LogP contribution is 2.28. The topological polar surface area (TPSA) is 68.5 Å². The van der Waals surface area contributed by atoms with E-state index in [1.807, 2.05) is 19.2 Å². The Bertz CT molecular complexity index is 1090. The minimum absolute atomic E-state index is 0. The van der Waals surface area contributed by atoms with Crippen LogP contribution in [0.15, 0.2) is 70.3 Å². The number of benzene rings is 2. The van der Waals surface area contributed by atoms with Crippen LogP contribution < -0.4 is 10.2 Å². The number of halogens is 1. The number of nitrogens with zero attached hydrogens (tertiary/aromatic N) is 3. The third kappa shape index (κ3) is 4.38. The van der Waals surface area contributed by atoms with E-state index in [0.29, 0.717) is 24.2 Å². The number of benzodiazepines with no additional fused rings is 1. The van der Waals surface area contributed by atoms with Gasteiger partial charge in [0, 0.05) is 41.4 Å². The zero-order valence-corrected chi connectivity index (χ0v) is 18.0. The lowest BCUT2D eigenvalue weighted by molar-refractivity contribution is 0.0951. The number of nitrogens with one attached hydrogen (secondary N) is 1. The highest BCUT2D eigenvalue weighted by Gasteiger charge is 2.24. The van der Waals surface area contributed by atoms with Gasteiger partial charge in [0.25, 0.3) is 5.91 Å². The van der Waals surface area contributed by atoms with Gasteiger partial charge in [-0.05, 0) is 41.8 Å². The summed E-state index contributed by atoms with van der Waals surface area (Å²) in [4.78, 5) is 19.6. The summed E-state index contributed by atoms with van der Waals surface area (Å²) in [7, 11) is 2.05. The fourth-order valence-electron chi connectivity index (χ4n) is 3.44. The molecule has 1 aromatic heterocycles. The summed E-state index contributed by atoms with van der Waals surface area (Å²) >= 11 is 1.66. The zero-order valence-electron chi connectivity index (χ0n) is 16.4. The van der Waals surface area contributed by atoms with E-state index < -0.39 is 0 Å². The minimum atomic E-state index is -0.151. The van der Waals surface area contributed by atoms with Gasteiger partial charge in [-0.3, -0.25) is 9.79 Å². The minimum Gasteiger partial charge on any atom is -0.367 e. The lowest BCUT2D eigenvalue weighted by atomic mass is 10.0. The maximum atomic E-state index is 12.5. The molecule has 1 unspecified atom stereocenters. The molecule has 5 nitrogen and oxygen atoms in total. The Balaban J connectivity index is 0.00000256. The number of aliphatic imine (C=N–C) groups is 1. The number of amides is 1. The van der Waals surface area contributed by atoms with Crippen LogP contribution in [0.4, 0.5) is 5.69 Å². The van der Waals surface area contributed by atoms with Crippen molar-refractivity contribution in [3.63, 3.8) is 0 Å². The molecule has 1 atom stereocenters. The van der Waals surface area contributed by atoms with Gasteiger partial charge in [0.2, 0.25) is 0 Å². The Labute approximate surface area is 186 Å². The van der Waals surface area contributed by atoms with Crippen molar-refractivity contribution < 1.29 is 4.79 Å². The monoisotopic (exact) mass is 436 g/mol. The van der Waals surface area contributed by atoms with Gasteiger partial charge in [-0.15, -0.1) is 12.4 Å². The van der Waals surface area contributed by atoms with Crippen LogP contribution in [-0.4, -0.2) is 37.8 Å². The van der Waals surface area contributed by atoms with Gasteiger partial charge in [0.15, 0.2) is 0 Å². The van der Waals surface area contributed by atoms with Crippen LogP contribution in [0.1, 0.15) is 27.0 Å². The van der Waals surface area contributed by atoms with Crippen LogP contribution in [0.3, 0.4) is 0 Å². The van der Waals surface area contributed by atoms with Crippen molar-refractivity contribution in [1.82, 2.24) is 5.32 Å². The molecule has 3 aromatic rings. The van der Waals surface area contributed by atoms with Crippen LogP contribution in [0.5, 0.6) is 0 Å². The SMILES string of the molecule is CN1c2ccccc2C(c2ccsc2)=NCC1CNC(=O)c1ccc(C#N)cc1.Cl. The molecular formula is C23H21ClN4OS. The molecule has 4 rings (SSSR count). The molecule has 2 aromatic carbocycles. The van der Waals surface area contributed by atoms with Gasteiger partial charge in [-0.25, -0.2) is 0 Å². The second kappa shape index (κ2) is 9.57. The number of anilines is 1. The predicted molar refractivity (Wildman–Crippen MR) is 124 cm³/mol. The molecule has 1 aliphatic heterocycles. The first kappa shape index (κ1) is 21.6. The van der Waals surface area contributed by atoms with Crippen molar-refractivity contribution >= 4 is 41.1 Å². The second-order valence-electron chi connectivity index (χ2n) is 6.88. The standard InChI is InChI=1S/C23H20N4OS.ClH/c1-27-19(14-26-23(28)17-8-6-16(12-24)7-9-17)13-25-22(18-10-11-29-15-18)20-4-2-3-5-21(20)27;/h2-11,15,19H,13-14H2,1H3,(H,26,28);1H. The first-order valence-electron chi connectivity index (χ1n) is 9.35. The van der Waals surface area contributed by atoms with Gasteiger partial charge in [-0.2, -0.15) is 16.6 Å². The fourth-order valence-corrected chi connectivity index (χ4v) is 4.08. The molecule has 0 spiro atoms. The number of thiophene rings is 1. The summed E-state index contributed by atoms with van der Waals surface area (Å²) in [6, 6.07) is 19.1. The smallest absolute Gasteiger partial charge is 0.251 e. The summed E-state index contributed by atoms with van der Waals surface area (Å²) in [5.74, 6) is -0.151. The van der Waals surface area contributed by atoms with E-state index in [-0.39, 0.29) is 24.4 Å². The average molecular weight is 437 g/mol. The maximum Gasteiger partial charge on any atom is 0.251 e. The first-order valence-corrected chi connectivity index (χ1v) is 10.3. The lowest BCUT2D eigenvalue weighted by Gasteiger charge is -2.28. The van der Waals surface area contributed by atoms with E-state index in [4.69, 9.17) is 10.3 Å². The summed E-state index contributed by atoms with van der Waals surface area (Å²) < 4.78 is 0. The van der Waals surface area contributed by atoms with E-state index in [2.05, 4.69) is 45.2 Å². The molecular weight excluding hydrogens is 416 g/mol. The molecule has 2 heterocycles. The van der Waals surface area contributed by atoms with E-state index in [1.54, 1.807) is 35.6 Å². The van der Waals surface area contributed by atoms with Crippen molar-refractivity contribution in [2.24, 2.45) is 4.99 Å². The quantitative estimate of drug-likeness (QED) is 0.668. The number of likely N-dealkylation sites (N-methyl/N-ethyl adjacent to an activating group) is 1. The molecule has 0 aliphatic carbocycles. The summed E-state index contributed by atoms with van der Waals surface area (Å²) in [6.45, 7) is 1.06. The van der Waals surface area contributed by atoms with E-state index in [0.717, 1.165) is 22.5 Å². The molecule has 7 heteroatoms. The van der Waals surface area contributed by atoms with Crippen LogP contribution in [-0.2, 0) is 0 Å². The van der Waals surface area contributed by atoms with Crippen molar-refractivity contribution in [1.29, 1.82) is 5.26 Å². The molecule has 152 valence electrons. The number of para-hydroxylation sites is 1. The number of rotatable bonds is 4. The molecule has 1 amide bonds. The van der Waals surface area contributed by atoms with Crippen LogP contribution in [0.25, 0.3) is 0 Å². The van der Waals surface area contributed by atoms with Crippen molar-refractivity contribution in [3.05, 3.63) is 87.6 Å².